The number of nitrogen functional groups attached to an aromatic ring is 1. The van der Waals surface area contributed by atoms with E-state index >= 15 is 4.39 Å². The summed E-state index contributed by atoms with van der Waals surface area (Å²) in [5, 5.41) is 67.2. The second-order valence-electron chi connectivity index (χ2n) is 8.08. The molecule has 2 fully saturated rings. The Hall–Kier alpha value is -2.17. The van der Waals surface area contributed by atoms with Gasteiger partial charge in [0.2, 0.25) is 5.72 Å². The normalized spacial score (nSPS) is 40.4. The quantitative estimate of drug-likeness (QED) is 0.174. The fraction of sp³-hybridized carbons (Fsp3) is 0.688. The molecule has 9 atom stereocenters. The number of alkyl halides is 1. The molecule has 19 heteroatoms. The van der Waals surface area contributed by atoms with E-state index < -0.39 is 77.8 Å². The van der Waals surface area contributed by atoms with Crippen LogP contribution in [0.5, 0.6) is 0 Å². The van der Waals surface area contributed by atoms with Crippen LogP contribution >= 0.6 is 0 Å². The molecule has 4 heterocycles. The van der Waals surface area contributed by atoms with E-state index in [1.807, 2.05) is 0 Å². The van der Waals surface area contributed by atoms with Crippen LogP contribution in [0.15, 0.2) is 12.7 Å². The lowest BCUT2D eigenvalue weighted by Crippen LogP contribution is -2.68. The molecule has 1 unspecified atom stereocenters. The Bertz CT molecular complexity index is 1200. The predicted molar refractivity (Wildman–Crippen MR) is 107 cm³/mol. The number of anilines is 1. The van der Waals surface area contributed by atoms with Crippen molar-refractivity contribution in [3.05, 3.63) is 12.7 Å². The number of nitrogens with two attached hydrogens (primary N) is 2. The summed E-state index contributed by atoms with van der Waals surface area (Å²) in [6.45, 7) is -2.45. The van der Waals surface area contributed by atoms with E-state index in [1.165, 1.54) is 0 Å². The molecule has 2 aromatic heterocycles. The third kappa shape index (κ3) is 4.03. The van der Waals surface area contributed by atoms with Gasteiger partial charge in [0.05, 0.1) is 12.9 Å². The first-order chi connectivity index (χ1) is 16.3. The van der Waals surface area contributed by atoms with Crippen molar-refractivity contribution in [1.82, 2.24) is 19.5 Å². The summed E-state index contributed by atoms with van der Waals surface area (Å²) in [5.74, 6) is -3.66. The number of hydrogen-bond donors (Lipinski definition) is 8. The van der Waals surface area contributed by atoms with Crippen LogP contribution in [0.3, 0.4) is 0 Å². The molecule has 0 radical (unpaired) electrons. The van der Waals surface area contributed by atoms with Crippen molar-refractivity contribution < 1.29 is 57.1 Å². The Morgan fingerprint density at radius 3 is 2.43 bits per heavy atom. The van der Waals surface area contributed by atoms with Gasteiger partial charge in [0.15, 0.2) is 11.5 Å². The molecule has 2 saturated heterocycles. The van der Waals surface area contributed by atoms with E-state index in [0.29, 0.717) is 0 Å². The highest BCUT2D eigenvalue weighted by Crippen LogP contribution is 2.49. The van der Waals surface area contributed by atoms with E-state index in [9.17, 15) is 39.1 Å². The van der Waals surface area contributed by atoms with Gasteiger partial charge < -0.3 is 45.8 Å². The number of aromatic nitrogens is 4. The number of aliphatic hydroxyl groups is 6. The largest absolute Gasteiger partial charge is 0.394 e. The minimum atomic E-state index is -4.74. The first-order valence-electron chi connectivity index (χ1n) is 9.93. The number of ether oxygens (including phenoxy) is 2. The Morgan fingerprint density at radius 1 is 1.11 bits per heavy atom. The smallest absolute Gasteiger partial charge is 0.333 e. The molecule has 2 aromatic rings. The van der Waals surface area contributed by atoms with Crippen LogP contribution in [0.2, 0.25) is 0 Å². The van der Waals surface area contributed by atoms with Crippen LogP contribution in [0.4, 0.5) is 10.2 Å². The summed E-state index contributed by atoms with van der Waals surface area (Å²) >= 11 is 0. The standard InChI is InChI=1S/C16H23FN6O11S/c17-15(2-32-35(19,30)31)10(28)11(29)16(34-15,12-9(27)8(26)7(25)5(1-24)33-12)23-4-22-6-13(18)20-3-21-14(6)23/h3-5,7-12,24-29H,1-2H2,(H2,18,20,21)(H2,19,30,31)/t5-,7-,8+,9-,10+,11-,12?,15-,16+/m1/s1. The lowest BCUT2D eigenvalue weighted by molar-refractivity contribution is -0.330. The first-order valence-corrected chi connectivity index (χ1v) is 11.4. The van der Waals surface area contributed by atoms with Crippen molar-refractivity contribution >= 4 is 27.3 Å². The van der Waals surface area contributed by atoms with E-state index in [2.05, 4.69) is 19.1 Å². The molecule has 0 aliphatic carbocycles. The van der Waals surface area contributed by atoms with Gasteiger partial charge in [0, 0.05) is 0 Å². The van der Waals surface area contributed by atoms with Crippen molar-refractivity contribution in [1.29, 1.82) is 0 Å². The van der Waals surface area contributed by atoms with Crippen molar-refractivity contribution in [3.8, 4) is 0 Å². The maximum absolute atomic E-state index is 15.8. The molecule has 35 heavy (non-hydrogen) atoms. The summed E-state index contributed by atoms with van der Waals surface area (Å²) in [6, 6.07) is 0. The summed E-state index contributed by atoms with van der Waals surface area (Å²) in [4.78, 5) is 11.7. The van der Waals surface area contributed by atoms with Crippen LogP contribution in [0, 0.1) is 0 Å². The maximum Gasteiger partial charge on any atom is 0.333 e. The lowest BCUT2D eigenvalue weighted by atomic mass is 9.85. The number of nitrogens with zero attached hydrogens (tertiary/aromatic N) is 4. The number of aliphatic hydroxyl groups excluding tert-OH is 6. The average Bonchev–Trinajstić information content (AvgIpc) is 3.32. The summed E-state index contributed by atoms with van der Waals surface area (Å²) in [7, 11) is -4.74. The molecule has 0 saturated carbocycles. The zero-order chi connectivity index (χ0) is 25.9. The van der Waals surface area contributed by atoms with Gasteiger partial charge >= 0.3 is 10.3 Å². The molecular weight excluding hydrogens is 503 g/mol. The van der Waals surface area contributed by atoms with Gasteiger partial charge in [-0.1, -0.05) is 0 Å². The molecule has 4 rings (SSSR count). The predicted octanol–water partition coefficient (Wildman–Crippen LogP) is -5.46. The van der Waals surface area contributed by atoms with Crippen LogP contribution in [-0.4, -0.2) is 120 Å². The first kappa shape index (κ1) is 25.9. The fourth-order valence-corrected chi connectivity index (χ4v) is 4.56. The van der Waals surface area contributed by atoms with Crippen LogP contribution < -0.4 is 10.9 Å². The van der Waals surface area contributed by atoms with Crippen molar-refractivity contribution in [3.63, 3.8) is 0 Å². The van der Waals surface area contributed by atoms with E-state index in [0.717, 1.165) is 17.2 Å². The highest BCUT2D eigenvalue weighted by molar-refractivity contribution is 7.84. The molecular formula is C16H23FN6O11S. The molecule has 0 spiro atoms. The van der Waals surface area contributed by atoms with E-state index in [-0.39, 0.29) is 17.0 Å². The van der Waals surface area contributed by atoms with Crippen LogP contribution in [0.25, 0.3) is 11.2 Å². The second-order valence-corrected chi connectivity index (χ2v) is 9.30. The monoisotopic (exact) mass is 526 g/mol. The van der Waals surface area contributed by atoms with Crippen LogP contribution in [-0.2, 0) is 29.7 Å². The summed E-state index contributed by atoms with van der Waals surface area (Å²) < 4.78 is 54.2. The molecule has 0 bridgehead atoms. The minimum absolute atomic E-state index is 0.0844. The fourth-order valence-electron chi connectivity index (χ4n) is 4.24. The van der Waals surface area contributed by atoms with Gasteiger partial charge in [0.25, 0.3) is 5.85 Å². The van der Waals surface area contributed by atoms with Crippen LogP contribution in [0.1, 0.15) is 0 Å². The van der Waals surface area contributed by atoms with Gasteiger partial charge in [0.1, 0.15) is 61.2 Å². The summed E-state index contributed by atoms with van der Waals surface area (Å²) in [5.41, 5.74) is 2.70. The van der Waals surface area contributed by atoms with Gasteiger partial charge in [-0.25, -0.2) is 24.5 Å². The molecule has 17 nitrogen and oxygen atoms in total. The molecule has 0 amide bonds. The molecule has 2 aliphatic heterocycles. The highest BCUT2D eigenvalue weighted by Gasteiger charge is 2.71. The Morgan fingerprint density at radius 2 is 1.80 bits per heavy atom. The Balaban J connectivity index is 1.92. The number of imidazole rings is 1. The van der Waals surface area contributed by atoms with Crippen molar-refractivity contribution in [2.45, 2.75) is 54.3 Å². The Labute approximate surface area is 195 Å². The molecule has 196 valence electrons. The van der Waals surface area contributed by atoms with Gasteiger partial charge in [-0.05, 0) is 0 Å². The molecule has 0 aromatic carbocycles. The minimum Gasteiger partial charge on any atom is -0.394 e. The molecule has 2 aliphatic rings. The van der Waals surface area contributed by atoms with Crippen molar-refractivity contribution in [2.24, 2.45) is 5.14 Å². The highest BCUT2D eigenvalue weighted by atomic mass is 32.2. The number of rotatable bonds is 6. The zero-order valence-electron chi connectivity index (χ0n) is 17.6. The third-order valence-electron chi connectivity index (χ3n) is 5.96. The van der Waals surface area contributed by atoms with Gasteiger partial charge in [-0.15, -0.1) is 0 Å². The summed E-state index contributed by atoms with van der Waals surface area (Å²) in [6.07, 6.45) is -12.6. The number of hydrogen-bond acceptors (Lipinski definition) is 15. The van der Waals surface area contributed by atoms with Gasteiger partial charge in [-0.2, -0.15) is 8.42 Å². The third-order valence-corrected chi connectivity index (χ3v) is 6.40. The van der Waals surface area contributed by atoms with E-state index in [4.69, 9.17) is 20.3 Å². The SMILES string of the molecule is Nc1ncnc2c1ncn2[C@]1(C2O[C@H](CO)[C@@H](O)[C@H](O)[C@H]2O)O[C@](F)(COS(N)(=O)=O)[C@@H](O)[C@H]1O. The number of halogens is 1. The zero-order valence-corrected chi connectivity index (χ0v) is 18.4. The second kappa shape index (κ2) is 8.74. The van der Waals surface area contributed by atoms with Crippen molar-refractivity contribution in [2.75, 3.05) is 18.9 Å². The molecule has 10 N–H and O–H groups in total. The van der Waals surface area contributed by atoms with Gasteiger partial charge in [-0.3, -0.25) is 8.75 Å². The Kier molecular flexibility index (Phi) is 6.47. The maximum atomic E-state index is 15.8. The average molecular weight is 526 g/mol. The lowest BCUT2D eigenvalue weighted by Gasteiger charge is -2.48. The topological polar surface area (TPSA) is 279 Å². The van der Waals surface area contributed by atoms with E-state index in [1.54, 1.807) is 0 Å². The number of fused-ring (bicyclic) bond motifs is 1.